The van der Waals surface area contributed by atoms with Gasteiger partial charge in [-0.25, -0.2) is 4.98 Å². The third-order valence-corrected chi connectivity index (χ3v) is 5.79. The van der Waals surface area contributed by atoms with Gasteiger partial charge >= 0.3 is 6.18 Å². The van der Waals surface area contributed by atoms with Crippen molar-refractivity contribution in [2.24, 2.45) is 12.8 Å². The summed E-state index contributed by atoms with van der Waals surface area (Å²) in [5, 5.41) is 3.89. The lowest BCUT2D eigenvalue weighted by atomic mass is 9.84. The Bertz CT molecular complexity index is 1170. The van der Waals surface area contributed by atoms with Crippen molar-refractivity contribution in [1.29, 1.82) is 0 Å². The summed E-state index contributed by atoms with van der Waals surface area (Å²) in [7, 11) is 1.64. The van der Waals surface area contributed by atoms with Gasteiger partial charge in [0.25, 0.3) is 5.56 Å². The zero-order valence-electron chi connectivity index (χ0n) is 15.8. The van der Waals surface area contributed by atoms with Gasteiger partial charge in [-0.3, -0.25) is 14.0 Å². The number of fused-ring (bicyclic) bond motifs is 1. The topological polar surface area (TPSA) is 78.7 Å². The summed E-state index contributed by atoms with van der Waals surface area (Å²) < 4.78 is 42.3. The quantitative estimate of drug-likeness (QED) is 0.690. The van der Waals surface area contributed by atoms with E-state index in [0.717, 1.165) is 18.9 Å². The molecule has 1 saturated carbocycles. The first-order valence-corrected chi connectivity index (χ1v) is 9.56. The highest BCUT2D eigenvalue weighted by atomic mass is 35.5. The van der Waals surface area contributed by atoms with Gasteiger partial charge in [0.1, 0.15) is 5.52 Å². The molecule has 0 saturated heterocycles. The molecule has 2 N–H and O–H groups in total. The van der Waals surface area contributed by atoms with Crippen LogP contribution < -0.4 is 11.3 Å². The fourth-order valence-electron chi connectivity index (χ4n) is 3.72. The van der Waals surface area contributed by atoms with Crippen molar-refractivity contribution < 1.29 is 13.2 Å². The van der Waals surface area contributed by atoms with Crippen molar-refractivity contribution in [1.82, 2.24) is 19.3 Å². The molecule has 29 heavy (non-hydrogen) atoms. The summed E-state index contributed by atoms with van der Waals surface area (Å²) in [6.07, 6.45) is -0.896. The van der Waals surface area contributed by atoms with Gasteiger partial charge < -0.3 is 5.73 Å². The van der Waals surface area contributed by atoms with E-state index < -0.39 is 22.3 Å². The normalized spacial score (nSPS) is 16.9. The van der Waals surface area contributed by atoms with E-state index in [4.69, 9.17) is 17.3 Å². The SMILES string of the molecule is CC[C@](N)(c1ccc(C(F)(F)F)c(Cl)c1)c1c2ncn(C3CC3)c(=O)c2nn1C. The smallest absolute Gasteiger partial charge is 0.316 e. The van der Waals surface area contributed by atoms with E-state index >= 15 is 0 Å². The lowest BCUT2D eigenvalue weighted by molar-refractivity contribution is -0.137. The van der Waals surface area contributed by atoms with Crippen molar-refractivity contribution in [3.05, 3.63) is 56.7 Å². The van der Waals surface area contributed by atoms with Gasteiger partial charge in [0.2, 0.25) is 0 Å². The lowest BCUT2D eigenvalue weighted by Crippen LogP contribution is -2.39. The van der Waals surface area contributed by atoms with Crippen LogP contribution in [0.25, 0.3) is 11.0 Å². The van der Waals surface area contributed by atoms with Crippen LogP contribution in [-0.4, -0.2) is 19.3 Å². The molecular formula is C19H19ClF3N5O. The van der Waals surface area contributed by atoms with Crippen molar-refractivity contribution in [2.75, 3.05) is 0 Å². The number of halogens is 4. The molecule has 0 bridgehead atoms. The van der Waals surface area contributed by atoms with Gasteiger partial charge in [-0.15, -0.1) is 0 Å². The zero-order valence-corrected chi connectivity index (χ0v) is 16.6. The van der Waals surface area contributed by atoms with Gasteiger partial charge in [0.15, 0.2) is 5.52 Å². The number of aryl methyl sites for hydroxylation is 1. The predicted octanol–water partition coefficient (Wildman–Crippen LogP) is 3.75. The van der Waals surface area contributed by atoms with E-state index in [9.17, 15) is 18.0 Å². The summed E-state index contributed by atoms with van der Waals surface area (Å²) in [5.74, 6) is 0. The third-order valence-electron chi connectivity index (χ3n) is 5.48. The highest BCUT2D eigenvalue weighted by molar-refractivity contribution is 6.31. The molecule has 6 nitrogen and oxygen atoms in total. The number of nitrogens with two attached hydrogens (primary N) is 1. The molecule has 10 heteroatoms. The minimum Gasteiger partial charge on any atom is -0.316 e. The minimum atomic E-state index is -4.56. The lowest BCUT2D eigenvalue weighted by Gasteiger charge is -2.29. The van der Waals surface area contributed by atoms with Crippen LogP contribution in [0.1, 0.15) is 49.0 Å². The molecule has 2 heterocycles. The molecule has 1 aromatic carbocycles. The average Bonchev–Trinajstić information content (AvgIpc) is 3.42. The number of alkyl halides is 3. The Balaban J connectivity index is 1.90. The maximum atomic E-state index is 13.1. The monoisotopic (exact) mass is 425 g/mol. The van der Waals surface area contributed by atoms with Crippen LogP contribution in [0.3, 0.4) is 0 Å². The number of benzene rings is 1. The highest BCUT2D eigenvalue weighted by Crippen LogP contribution is 2.40. The van der Waals surface area contributed by atoms with Crippen molar-refractivity contribution in [2.45, 2.75) is 43.9 Å². The largest absolute Gasteiger partial charge is 0.417 e. The summed E-state index contributed by atoms with van der Waals surface area (Å²) in [6, 6.07) is 3.59. The first kappa shape index (κ1) is 19.9. The van der Waals surface area contributed by atoms with E-state index in [0.29, 0.717) is 23.2 Å². The Morgan fingerprint density at radius 3 is 2.52 bits per heavy atom. The van der Waals surface area contributed by atoms with Gasteiger partial charge in [0.05, 0.1) is 28.1 Å². The number of rotatable bonds is 4. The molecule has 0 radical (unpaired) electrons. The van der Waals surface area contributed by atoms with E-state index in [-0.39, 0.29) is 17.1 Å². The van der Waals surface area contributed by atoms with E-state index in [2.05, 4.69) is 10.1 Å². The van der Waals surface area contributed by atoms with Crippen LogP contribution in [0.2, 0.25) is 5.02 Å². The molecule has 0 spiro atoms. The summed E-state index contributed by atoms with van der Waals surface area (Å²) >= 11 is 5.92. The first-order chi connectivity index (χ1) is 13.6. The second-order valence-corrected chi connectivity index (χ2v) is 7.78. The Kier molecular flexibility index (Phi) is 4.51. The second kappa shape index (κ2) is 6.56. The molecular weight excluding hydrogens is 407 g/mol. The number of hydrogen-bond acceptors (Lipinski definition) is 4. The zero-order chi connectivity index (χ0) is 21.1. The number of hydrogen-bond donors (Lipinski definition) is 1. The molecule has 2 aromatic heterocycles. The molecule has 0 amide bonds. The molecule has 154 valence electrons. The van der Waals surface area contributed by atoms with Crippen LogP contribution in [-0.2, 0) is 18.8 Å². The molecule has 1 fully saturated rings. The second-order valence-electron chi connectivity index (χ2n) is 7.37. The van der Waals surface area contributed by atoms with Crippen LogP contribution in [0, 0.1) is 0 Å². The summed E-state index contributed by atoms with van der Waals surface area (Å²) in [6.45, 7) is 1.80. The fourth-order valence-corrected chi connectivity index (χ4v) is 4.01. The Hall–Kier alpha value is -2.39. The average molecular weight is 426 g/mol. The van der Waals surface area contributed by atoms with E-state index in [1.54, 1.807) is 18.5 Å². The van der Waals surface area contributed by atoms with Crippen molar-refractivity contribution >= 4 is 22.6 Å². The van der Waals surface area contributed by atoms with Gasteiger partial charge in [-0.1, -0.05) is 24.6 Å². The molecule has 1 atom stereocenters. The van der Waals surface area contributed by atoms with Gasteiger partial charge in [-0.2, -0.15) is 18.3 Å². The standard InChI is InChI=1S/C19H19ClF3N5O/c1-3-18(24,10-4-7-12(13(20)8-10)19(21,22)23)16-14-15(26-27(16)2)17(29)28(9-25-14)11-5-6-11/h4,7-9,11H,3,5-6,24H2,1-2H3/t18-/m0/s1. The molecule has 3 aromatic rings. The molecule has 0 unspecified atom stereocenters. The Morgan fingerprint density at radius 2 is 1.97 bits per heavy atom. The van der Waals surface area contributed by atoms with Crippen LogP contribution >= 0.6 is 11.6 Å². The summed E-state index contributed by atoms with van der Waals surface area (Å²) in [4.78, 5) is 17.2. The minimum absolute atomic E-state index is 0.146. The molecule has 1 aliphatic carbocycles. The number of aromatic nitrogens is 4. The van der Waals surface area contributed by atoms with Crippen LogP contribution in [0.5, 0.6) is 0 Å². The third kappa shape index (κ3) is 3.12. The van der Waals surface area contributed by atoms with Crippen molar-refractivity contribution in [3.63, 3.8) is 0 Å². The Labute approximate surface area is 169 Å². The predicted molar refractivity (Wildman–Crippen MR) is 103 cm³/mol. The fraction of sp³-hybridized carbons (Fsp3) is 0.421. The molecule has 0 aliphatic heterocycles. The molecule has 4 rings (SSSR count). The maximum Gasteiger partial charge on any atom is 0.417 e. The Morgan fingerprint density at radius 1 is 1.28 bits per heavy atom. The summed E-state index contributed by atoms with van der Waals surface area (Å²) in [5.41, 5.74) is 5.65. The van der Waals surface area contributed by atoms with Crippen LogP contribution in [0.4, 0.5) is 13.2 Å². The van der Waals surface area contributed by atoms with Crippen molar-refractivity contribution in [3.8, 4) is 0 Å². The van der Waals surface area contributed by atoms with E-state index in [1.807, 2.05) is 0 Å². The van der Waals surface area contributed by atoms with Gasteiger partial charge in [-0.05, 0) is 37.0 Å². The van der Waals surface area contributed by atoms with Gasteiger partial charge in [0, 0.05) is 13.1 Å². The maximum absolute atomic E-state index is 13.1. The van der Waals surface area contributed by atoms with Crippen LogP contribution in [0.15, 0.2) is 29.3 Å². The van der Waals surface area contributed by atoms with E-state index in [1.165, 1.54) is 23.1 Å². The molecule has 1 aliphatic rings. The first-order valence-electron chi connectivity index (χ1n) is 9.18. The number of nitrogens with zero attached hydrogens (tertiary/aromatic N) is 4. The highest BCUT2D eigenvalue weighted by Gasteiger charge is 2.38.